The van der Waals surface area contributed by atoms with Gasteiger partial charge in [0.25, 0.3) is 0 Å². The van der Waals surface area contributed by atoms with Crippen molar-refractivity contribution in [2.45, 2.75) is 40.2 Å². The van der Waals surface area contributed by atoms with Crippen LogP contribution in [0.3, 0.4) is 0 Å². The van der Waals surface area contributed by atoms with Crippen molar-refractivity contribution in [2.75, 3.05) is 13.7 Å². The van der Waals surface area contributed by atoms with Crippen molar-refractivity contribution in [3.63, 3.8) is 0 Å². The van der Waals surface area contributed by atoms with Gasteiger partial charge in [0.15, 0.2) is 0 Å². The highest BCUT2D eigenvalue weighted by Crippen LogP contribution is 2.31. The number of benzene rings is 1. The van der Waals surface area contributed by atoms with E-state index in [0.717, 1.165) is 30.0 Å². The molecule has 1 N–H and O–H groups in total. The molecular formula is C18H25NO2. The third-order valence-corrected chi connectivity index (χ3v) is 3.78. The fourth-order valence-corrected chi connectivity index (χ4v) is 2.65. The zero-order valence-corrected chi connectivity index (χ0v) is 13.6. The summed E-state index contributed by atoms with van der Waals surface area (Å²) in [7, 11) is 1.72. The molecule has 1 heterocycles. The van der Waals surface area contributed by atoms with Crippen molar-refractivity contribution in [1.82, 2.24) is 5.32 Å². The quantitative estimate of drug-likeness (QED) is 0.860. The normalized spacial score (nSPS) is 12.4. The minimum atomic E-state index is 0.159. The molecule has 0 fully saturated rings. The first-order valence-electron chi connectivity index (χ1n) is 7.50. The molecule has 0 saturated heterocycles. The average molecular weight is 287 g/mol. The fourth-order valence-electron chi connectivity index (χ4n) is 2.65. The number of furan rings is 1. The highest BCUT2D eigenvalue weighted by atomic mass is 16.5. The fraction of sp³-hybridized carbons (Fsp3) is 0.444. The second kappa shape index (κ2) is 6.81. The SMILES string of the molecule is CCCNC(c1coc(C)c1)c1cc(C)c(OC)cc1C. The van der Waals surface area contributed by atoms with Gasteiger partial charge in [-0.3, -0.25) is 0 Å². The zero-order valence-electron chi connectivity index (χ0n) is 13.6. The molecular weight excluding hydrogens is 262 g/mol. The molecule has 1 atom stereocenters. The van der Waals surface area contributed by atoms with Crippen molar-refractivity contribution in [2.24, 2.45) is 0 Å². The van der Waals surface area contributed by atoms with Crippen molar-refractivity contribution in [3.8, 4) is 5.75 Å². The van der Waals surface area contributed by atoms with E-state index < -0.39 is 0 Å². The summed E-state index contributed by atoms with van der Waals surface area (Å²) in [6.07, 6.45) is 2.95. The summed E-state index contributed by atoms with van der Waals surface area (Å²) in [6, 6.07) is 6.58. The summed E-state index contributed by atoms with van der Waals surface area (Å²) in [5.41, 5.74) is 4.84. The van der Waals surface area contributed by atoms with Crippen LogP contribution in [0.2, 0.25) is 0 Å². The first-order chi connectivity index (χ1) is 10.1. The van der Waals surface area contributed by atoms with Crippen molar-refractivity contribution >= 4 is 0 Å². The lowest BCUT2D eigenvalue weighted by Crippen LogP contribution is -2.23. The summed E-state index contributed by atoms with van der Waals surface area (Å²) in [4.78, 5) is 0. The Bertz CT molecular complexity index is 601. The van der Waals surface area contributed by atoms with Gasteiger partial charge in [0.2, 0.25) is 0 Å². The number of aryl methyl sites for hydroxylation is 3. The molecule has 1 aromatic heterocycles. The van der Waals surface area contributed by atoms with Gasteiger partial charge in [-0.2, -0.15) is 0 Å². The summed E-state index contributed by atoms with van der Waals surface area (Å²) in [6.45, 7) is 9.34. The molecule has 3 nitrogen and oxygen atoms in total. The monoisotopic (exact) mass is 287 g/mol. The smallest absolute Gasteiger partial charge is 0.122 e. The van der Waals surface area contributed by atoms with Gasteiger partial charge in [-0.05, 0) is 62.6 Å². The van der Waals surface area contributed by atoms with E-state index in [2.05, 4.69) is 44.3 Å². The van der Waals surface area contributed by atoms with Crippen molar-refractivity contribution in [1.29, 1.82) is 0 Å². The highest BCUT2D eigenvalue weighted by Gasteiger charge is 2.19. The van der Waals surface area contributed by atoms with Gasteiger partial charge in [0.1, 0.15) is 11.5 Å². The standard InChI is InChI=1S/C18H25NO2/c1-6-7-19-18(15-10-14(4)21-11-15)16-8-13(3)17(20-5)9-12(16)2/h8-11,18-19H,6-7H2,1-5H3. The predicted octanol–water partition coefficient (Wildman–Crippen LogP) is 4.30. The van der Waals surface area contributed by atoms with Gasteiger partial charge in [-0.25, -0.2) is 0 Å². The van der Waals surface area contributed by atoms with Gasteiger partial charge in [0.05, 0.1) is 19.4 Å². The Hall–Kier alpha value is -1.74. The molecule has 0 aliphatic rings. The zero-order chi connectivity index (χ0) is 15.4. The van der Waals surface area contributed by atoms with E-state index >= 15 is 0 Å². The topological polar surface area (TPSA) is 34.4 Å². The molecule has 0 amide bonds. The van der Waals surface area contributed by atoms with Crippen molar-refractivity contribution < 1.29 is 9.15 Å². The molecule has 2 aromatic rings. The Morgan fingerprint density at radius 3 is 2.48 bits per heavy atom. The maximum atomic E-state index is 5.50. The summed E-state index contributed by atoms with van der Waals surface area (Å²) in [5.74, 6) is 1.88. The lowest BCUT2D eigenvalue weighted by atomic mass is 9.94. The van der Waals surface area contributed by atoms with E-state index in [-0.39, 0.29) is 6.04 Å². The summed E-state index contributed by atoms with van der Waals surface area (Å²) in [5, 5.41) is 3.62. The Morgan fingerprint density at radius 2 is 1.90 bits per heavy atom. The molecule has 0 saturated carbocycles. The minimum Gasteiger partial charge on any atom is -0.496 e. The minimum absolute atomic E-state index is 0.159. The van der Waals surface area contributed by atoms with Crippen LogP contribution in [0.4, 0.5) is 0 Å². The molecule has 3 heteroatoms. The van der Waals surface area contributed by atoms with Gasteiger partial charge < -0.3 is 14.5 Å². The van der Waals surface area contributed by atoms with Crippen LogP contribution in [0.25, 0.3) is 0 Å². The Labute approximate surface area is 127 Å². The van der Waals surface area contributed by atoms with Crippen LogP contribution in [0, 0.1) is 20.8 Å². The maximum absolute atomic E-state index is 5.50. The van der Waals surface area contributed by atoms with E-state index in [4.69, 9.17) is 9.15 Å². The van der Waals surface area contributed by atoms with E-state index in [1.807, 2.05) is 13.2 Å². The summed E-state index contributed by atoms with van der Waals surface area (Å²) >= 11 is 0. The maximum Gasteiger partial charge on any atom is 0.122 e. The molecule has 114 valence electrons. The largest absolute Gasteiger partial charge is 0.496 e. The molecule has 2 rings (SSSR count). The molecule has 0 aliphatic carbocycles. The van der Waals surface area contributed by atoms with E-state index in [1.165, 1.54) is 16.7 Å². The Morgan fingerprint density at radius 1 is 1.14 bits per heavy atom. The lowest BCUT2D eigenvalue weighted by molar-refractivity contribution is 0.411. The van der Waals surface area contributed by atoms with Gasteiger partial charge in [-0.15, -0.1) is 0 Å². The molecule has 1 aromatic carbocycles. The van der Waals surface area contributed by atoms with Crippen LogP contribution in [-0.2, 0) is 0 Å². The number of ether oxygens (including phenoxy) is 1. The van der Waals surface area contributed by atoms with Crippen LogP contribution < -0.4 is 10.1 Å². The third-order valence-electron chi connectivity index (χ3n) is 3.78. The van der Waals surface area contributed by atoms with Crippen LogP contribution in [0.1, 0.15) is 47.4 Å². The number of hydrogen-bond donors (Lipinski definition) is 1. The Kier molecular flexibility index (Phi) is 5.07. The lowest BCUT2D eigenvalue weighted by Gasteiger charge is -2.21. The molecule has 0 aliphatic heterocycles. The predicted molar refractivity (Wildman–Crippen MR) is 86.0 cm³/mol. The van der Waals surface area contributed by atoms with Crippen LogP contribution in [-0.4, -0.2) is 13.7 Å². The van der Waals surface area contributed by atoms with E-state index in [0.29, 0.717) is 0 Å². The van der Waals surface area contributed by atoms with Gasteiger partial charge >= 0.3 is 0 Å². The van der Waals surface area contributed by atoms with Gasteiger partial charge in [0, 0.05) is 5.56 Å². The Balaban J connectivity index is 2.43. The van der Waals surface area contributed by atoms with Gasteiger partial charge in [-0.1, -0.05) is 13.0 Å². The first-order valence-corrected chi connectivity index (χ1v) is 7.50. The van der Waals surface area contributed by atoms with Crippen LogP contribution in [0.15, 0.2) is 28.9 Å². The molecule has 1 unspecified atom stereocenters. The van der Waals surface area contributed by atoms with E-state index in [9.17, 15) is 0 Å². The molecule has 0 bridgehead atoms. The van der Waals surface area contributed by atoms with Crippen molar-refractivity contribution in [3.05, 3.63) is 52.5 Å². The molecule has 21 heavy (non-hydrogen) atoms. The third kappa shape index (κ3) is 3.48. The van der Waals surface area contributed by atoms with Crippen LogP contribution in [0.5, 0.6) is 5.75 Å². The molecule has 0 spiro atoms. The number of nitrogens with one attached hydrogen (secondary N) is 1. The molecule has 0 radical (unpaired) electrons. The van der Waals surface area contributed by atoms with Crippen LogP contribution >= 0.6 is 0 Å². The number of rotatable bonds is 6. The second-order valence-electron chi connectivity index (χ2n) is 5.56. The summed E-state index contributed by atoms with van der Waals surface area (Å²) < 4.78 is 10.9. The average Bonchev–Trinajstić information content (AvgIpc) is 2.89. The highest BCUT2D eigenvalue weighted by molar-refractivity contribution is 5.45. The first kappa shape index (κ1) is 15.6. The number of methoxy groups -OCH3 is 1. The second-order valence-corrected chi connectivity index (χ2v) is 5.56. The van der Waals surface area contributed by atoms with E-state index in [1.54, 1.807) is 7.11 Å². The number of hydrogen-bond acceptors (Lipinski definition) is 3.